The summed E-state index contributed by atoms with van der Waals surface area (Å²) in [5, 5.41) is 0. The maximum atomic E-state index is 10.5. The van der Waals surface area contributed by atoms with Crippen LogP contribution in [0.5, 0.6) is 0 Å². The van der Waals surface area contributed by atoms with Crippen molar-refractivity contribution in [2.24, 2.45) is 5.92 Å². The van der Waals surface area contributed by atoms with Gasteiger partial charge in [-0.2, -0.15) is 0 Å². The van der Waals surface area contributed by atoms with Crippen LogP contribution in [0.1, 0.15) is 31.4 Å². The van der Waals surface area contributed by atoms with Crippen molar-refractivity contribution in [3.63, 3.8) is 0 Å². The lowest BCUT2D eigenvalue weighted by Gasteiger charge is -2.05. The molecule has 1 heteroatoms. The summed E-state index contributed by atoms with van der Waals surface area (Å²) in [6.07, 6.45) is 4.20. The van der Waals surface area contributed by atoms with E-state index in [-0.39, 0.29) is 5.92 Å². The largest absolute Gasteiger partial charge is 0.303 e. The van der Waals surface area contributed by atoms with Gasteiger partial charge in [0.1, 0.15) is 6.29 Å². The molecule has 0 saturated carbocycles. The Labute approximate surface area is 86.1 Å². The van der Waals surface area contributed by atoms with Crippen LogP contribution < -0.4 is 0 Å². The maximum Gasteiger partial charge on any atom is 0.123 e. The average Bonchev–Trinajstić information content (AvgIpc) is 2.21. The number of carbonyl (C=O) groups is 1. The molecule has 0 radical (unpaired) electrons. The zero-order chi connectivity index (χ0) is 10.4. The van der Waals surface area contributed by atoms with Crippen LogP contribution in [0, 0.1) is 5.92 Å². The summed E-state index contributed by atoms with van der Waals surface area (Å²) >= 11 is 0. The second-order valence-electron chi connectivity index (χ2n) is 3.88. The van der Waals surface area contributed by atoms with Gasteiger partial charge < -0.3 is 4.79 Å². The van der Waals surface area contributed by atoms with Crippen molar-refractivity contribution in [1.29, 1.82) is 0 Å². The molecule has 0 saturated heterocycles. The number of benzene rings is 1. The van der Waals surface area contributed by atoms with Crippen LogP contribution in [0.15, 0.2) is 24.3 Å². The van der Waals surface area contributed by atoms with Gasteiger partial charge in [0.15, 0.2) is 0 Å². The molecule has 0 heterocycles. The molecule has 1 rings (SSSR count). The molecule has 14 heavy (non-hydrogen) atoms. The molecule has 0 aromatic heterocycles. The van der Waals surface area contributed by atoms with E-state index in [4.69, 9.17) is 0 Å². The summed E-state index contributed by atoms with van der Waals surface area (Å²) in [6.45, 7) is 4.13. The summed E-state index contributed by atoms with van der Waals surface area (Å²) in [5.74, 6) is 0.132. The zero-order valence-electron chi connectivity index (χ0n) is 8.99. The zero-order valence-corrected chi connectivity index (χ0v) is 8.99. The third-order valence-corrected chi connectivity index (χ3v) is 2.35. The number of hydrogen-bond donors (Lipinski definition) is 0. The molecular weight excluding hydrogens is 172 g/mol. The molecule has 76 valence electrons. The third kappa shape index (κ3) is 3.33. The topological polar surface area (TPSA) is 17.1 Å². The van der Waals surface area contributed by atoms with Crippen molar-refractivity contribution in [3.05, 3.63) is 35.4 Å². The Morgan fingerprint density at radius 1 is 1.21 bits per heavy atom. The second kappa shape index (κ2) is 5.58. The van der Waals surface area contributed by atoms with Gasteiger partial charge in [-0.3, -0.25) is 0 Å². The summed E-state index contributed by atoms with van der Waals surface area (Å²) in [4.78, 5) is 10.5. The first kappa shape index (κ1) is 11.0. The van der Waals surface area contributed by atoms with Crippen molar-refractivity contribution in [1.82, 2.24) is 0 Å². The predicted molar refractivity (Wildman–Crippen MR) is 59.4 cm³/mol. The minimum atomic E-state index is 0.132. The Morgan fingerprint density at radius 3 is 2.29 bits per heavy atom. The fourth-order valence-electron chi connectivity index (χ4n) is 1.55. The maximum absolute atomic E-state index is 10.5. The van der Waals surface area contributed by atoms with Crippen molar-refractivity contribution < 1.29 is 4.79 Å². The molecule has 0 aliphatic rings. The summed E-state index contributed by atoms with van der Waals surface area (Å²) in [6, 6.07) is 8.59. The standard InChI is InChI=1S/C13H18O/c1-3-4-12-5-7-13(8-6-12)9-11(2)10-14/h5-8,10-11H,3-4,9H2,1-2H3. The van der Waals surface area contributed by atoms with Gasteiger partial charge in [0.05, 0.1) is 0 Å². The molecule has 0 aliphatic carbocycles. The van der Waals surface area contributed by atoms with E-state index in [0.29, 0.717) is 0 Å². The molecule has 0 aliphatic heterocycles. The quantitative estimate of drug-likeness (QED) is 0.652. The molecule has 0 N–H and O–H groups in total. The van der Waals surface area contributed by atoms with Crippen LogP contribution in [0.3, 0.4) is 0 Å². The Balaban J connectivity index is 2.59. The van der Waals surface area contributed by atoms with Crippen molar-refractivity contribution in [2.45, 2.75) is 33.1 Å². The van der Waals surface area contributed by atoms with Crippen molar-refractivity contribution in [3.8, 4) is 0 Å². The van der Waals surface area contributed by atoms with E-state index in [1.54, 1.807) is 0 Å². The lowest BCUT2D eigenvalue weighted by atomic mass is 10.0. The van der Waals surface area contributed by atoms with Crippen LogP contribution in [0.25, 0.3) is 0 Å². The fourth-order valence-corrected chi connectivity index (χ4v) is 1.55. The van der Waals surface area contributed by atoms with Crippen molar-refractivity contribution in [2.75, 3.05) is 0 Å². The first-order chi connectivity index (χ1) is 6.76. The average molecular weight is 190 g/mol. The summed E-state index contributed by atoms with van der Waals surface area (Å²) in [7, 11) is 0. The number of carbonyl (C=O) groups excluding carboxylic acids is 1. The first-order valence-corrected chi connectivity index (χ1v) is 5.29. The van der Waals surface area contributed by atoms with E-state index in [1.165, 1.54) is 17.5 Å². The third-order valence-electron chi connectivity index (χ3n) is 2.35. The van der Waals surface area contributed by atoms with Gasteiger partial charge in [-0.25, -0.2) is 0 Å². The van der Waals surface area contributed by atoms with Gasteiger partial charge in [-0.05, 0) is 24.0 Å². The Hall–Kier alpha value is -1.11. The van der Waals surface area contributed by atoms with E-state index in [1.807, 2.05) is 6.92 Å². The highest BCUT2D eigenvalue weighted by atomic mass is 16.1. The van der Waals surface area contributed by atoms with E-state index in [0.717, 1.165) is 19.1 Å². The summed E-state index contributed by atoms with van der Waals surface area (Å²) in [5.41, 5.74) is 2.64. The smallest absolute Gasteiger partial charge is 0.123 e. The van der Waals surface area contributed by atoms with Crippen LogP contribution >= 0.6 is 0 Å². The van der Waals surface area contributed by atoms with Gasteiger partial charge >= 0.3 is 0 Å². The minimum Gasteiger partial charge on any atom is -0.303 e. The van der Waals surface area contributed by atoms with Crippen molar-refractivity contribution >= 4 is 6.29 Å². The van der Waals surface area contributed by atoms with Gasteiger partial charge in [0.25, 0.3) is 0 Å². The van der Waals surface area contributed by atoms with E-state index in [2.05, 4.69) is 31.2 Å². The number of aldehydes is 1. The monoisotopic (exact) mass is 190 g/mol. The molecule has 1 aromatic rings. The number of rotatable bonds is 5. The minimum absolute atomic E-state index is 0.132. The van der Waals surface area contributed by atoms with E-state index < -0.39 is 0 Å². The normalized spacial score (nSPS) is 12.4. The highest BCUT2D eigenvalue weighted by Gasteiger charge is 2.01. The molecule has 1 nitrogen and oxygen atoms in total. The highest BCUT2D eigenvalue weighted by molar-refractivity contribution is 5.53. The number of aryl methyl sites for hydroxylation is 1. The van der Waals surface area contributed by atoms with Crippen LogP contribution in [-0.2, 0) is 17.6 Å². The molecule has 0 bridgehead atoms. The molecule has 0 amide bonds. The second-order valence-corrected chi connectivity index (χ2v) is 3.88. The van der Waals surface area contributed by atoms with Crippen LogP contribution in [-0.4, -0.2) is 6.29 Å². The fraction of sp³-hybridized carbons (Fsp3) is 0.462. The lowest BCUT2D eigenvalue weighted by Crippen LogP contribution is -2.00. The van der Waals surface area contributed by atoms with Gasteiger partial charge in [0, 0.05) is 5.92 Å². The highest BCUT2D eigenvalue weighted by Crippen LogP contribution is 2.10. The molecular formula is C13H18O. The van der Waals surface area contributed by atoms with Gasteiger partial charge in [-0.1, -0.05) is 44.5 Å². The Kier molecular flexibility index (Phi) is 4.37. The first-order valence-electron chi connectivity index (χ1n) is 5.29. The molecule has 1 atom stereocenters. The Morgan fingerprint density at radius 2 is 1.79 bits per heavy atom. The van der Waals surface area contributed by atoms with Crippen LogP contribution in [0.4, 0.5) is 0 Å². The summed E-state index contributed by atoms with van der Waals surface area (Å²) < 4.78 is 0. The Bertz CT molecular complexity index is 274. The SMILES string of the molecule is CCCc1ccc(CC(C)C=O)cc1. The molecule has 1 aromatic carbocycles. The molecule has 0 spiro atoms. The van der Waals surface area contributed by atoms with Crippen LogP contribution in [0.2, 0.25) is 0 Å². The lowest BCUT2D eigenvalue weighted by molar-refractivity contribution is -0.110. The molecule has 0 fully saturated rings. The van der Waals surface area contributed by atoms with Gasteiger partial charge in [-0.15, -0.1) is 0 Å². The van der Waals surface area contributed by atoms with E-state index in [9.17, 15) is 4.79 Å². The predicted octanol–water partition coefficient (Wildman–Crippen LogP) is 3.02. The van der Waals surface area contributed by atoms with E-state index >= 15 is 0 Å². The number of hydrogen-bond acceptors (Lipinski definition) is 1. The molecule has 1 unspecified atom stereocenters. The van der Waals surface area contributed by atoms with Gasteiger partial charge in [0.2, 0.25) is 0 Å².